The van der Waals surface area contributed by atoms with Gasteiger partial charge in [0, 0.05) is 12.6 Å². The van der Waals surface area contributed by atoms with Crippen molar-refractivity contribution in [3.63, 3.8) is 0 Å². The highest BCUT2D eigenvalue weighted by atomic mass is 16.4. The van der Waals surface area contributed by atoms with Crippen LogP contribution in [-0.4, -0.2) is 34.2 Å². The zero-order chi connectivity index (χ0) is 13.1. The Morgan fingerprint density at radius 2 is 2.28 bits per heavy atom. The van der Waals surface area contributed by atoms with Crippen LogP contribution in [0.15, 0.2) is 24.3 Å². The summed E-state index contributed by atoms with van der Waals surface area (Å²) in [5, 5.41) is 18.6. The normalized spacial score (nSPS) is 22.6. The Labute approximate surface area is 107 Å². The van der Waals surface area contributed by atoms with Gasteiger partial charge in [0.25, 0.3) is 0 Å². The number of nitrogens with zero attached hydrogens (tertiary/aromatic N) is 1. The molecule has 1 fully saturated rings. The number of rotatable bonds is 3. The minimum absolute atomic E-state index is 0.138. The molecule has 2 unspecified atom stereocenters. The molecule has 0 saturated carbocycles. The summed E-state index contributed by atoms with van der Waals surface area (Å²) in [4.78, 5) is 13.2. The maximum absolute atomic E-state index is 11.0. The number of aromatic hydroxyl groups is 1. The van der Waals surface area contributed by atoms with Gasteiger partial charge in [-0.05, 0) is 44.0 Å². The van der Waals surface area contributed by atoms with Gasteiger partial charge in [-0.2, -0.15) is 0 Å². The minimum Gasteiger partial charge on any atom is -0.508 e. The molecule has 1 aromatic carbocycles. The maximum atomic E-state index is 11.0. The molecule has 1 aromatic rings. The third kappa shape index (κ3) is 2.82. The van der Waals surface area contributed by atoms with E-state index < -0.39 is 5.97 Å². The van der Waals surface area contributed by atoms with E-state index in [1.807, 2.05) is 12.1 Å². The number of likely N-dealkylation sites (tertiary alicyclic amines) is 1. The zero-order valence-corrected chi connectivity index (χ0v) is 10.5. The van der Waals surface area contributed by atoms with E-state index >= 15 is 0 Å². The summed E-state index contributed by atoms with van der Waals surface area (Å²) in [5.41, 5.74) is 1.03. The number of carboxylic acid groups (broad SMARTS) is 1. The fraction of sp³-hybridized carbons (Fsp3) is 0.500. The molecule has 4 nitrogen and oxygen atoms in total. The molecule has 1 heterocycles. The number of carbonyl (C=O) groups is 1. The second kappa shape index (κ2) is 5.40. The van der Waals surface area contributed by atoms with Crippen molar-refractivity contribution < 1.29 is 15.0 Å². The van der Waals surface area contributed by atoms with Crippen molar-refractivity contribution in [2.45, 2.75) is 25.8 Å². The Bertz CT molecular complexity index is 433. The third-order valence-electron chi connectivity index (χ3n) is 3.70. The van der Waals surface area contributed by atoms with Crippen LogP contribution in [0, 0.1) is 5.92 Å². The molecule has 2 rings (SSSR count). The van der Waals surface area contributed by atoms with Gasteiger partial charge in [0.2, 0.25) is 0 Å². The van der Waals surface area contributed by atoms with Crippen LogP contribution >= 0.6 is 0 Å². The van der Waals surface area contributed by atoms with Gasteiger partial charge in [0.05, 0.1) is 5.92 Å². The summed E-state index contributed by atoms with van der Waals surface area (Å²) in [6, 6.07) is 7.31. The second-order valence-corrected chi connectivity index (χ2v) is 4.94. The number of carboxylic acids is 1. The summed E-state index contributed by atoms with van der Waals surface area (Å²) >= 11 is 0. The van der Waals surface area contributed by atoms with Crippen LogP contribution in [-0.2, 0) is 4.79 Å². The smallest absolute Gasteiger partial charge is 0.307 e. The van der Waals surface area contributed by atoms with Gasteiger partial charge in [-0.15, -0.1) is 0 Å². The molecule has 18 heavy (non-hydrogen) atoms. The monoisotopic (exact) mass is 249 g/mol. The van der Waals surface area contributed by atoms with E-state index in [4.69, 9.17) is 5.11 Å². The average molecular weight is 249 g/mol. The lowest BCUT2D eigenvalue weighted by molar-refractivity contribution is -0.143. The summed E-state index contributed by atoms with van der Waals surface area (Å²) < 4.78 is 0. The van der Waals surface area contributed by atoms with Gasteiger partial charge in [-0.3, -0.25) is 9.69 Å². The molecular formula is C14H19NO3. The summed E-state index contributed by atoms with van der Waals surface area (Å²) in [7, 11) is 0. The number of phenolic OH excluding ortho intramolecular Hbond substituents is 1. The van der Waals surface area contributed by atoms with Crippen molar-refractivity contribution in [2.75, 3.05) is 13.1 Å². The Hall–Kier alpha value is -1.55. The Morgan fingerprint density at radius 1 is 1.50 bits per heavy atom. The molecule has 1 saturated heterocycles. The Morgan fingerprint density at radius 3 is 2.94 bits per heavy atom. The number of piperidine rings is 1. The highest BCUT2D eigenvalue weighted by Crippen LogP contribution is 2.28. The number of aliphatic carboxylic acids is 1. The van der Waals surface area contributed by atoms with Crippen LogP contribution in [0.2, 0.25) is 0 Å². The fourth-order valence-corrected chi connectivity index (χ4v) is 2.56. The van der Waals surface area contributed by atoms with Crippen molar-refractivity contribution >= 4 is 5.97 Å². The van der Waals surface area contributed by atoms with E-state index in [2.05, 4.69) is 11.8 Å². The first-order chi connectivity index (χ1) is 8.58. The minimum atomic E-state index is -0.706. The quantitative estimate of drug-likeness (QED) is 0.862. The van der Waals surface area contributed by atoms with Crippen LogP contribution in [0.1, 0.15) is 31.4 Å². The Balaban J connectivity index is 2.09. The first-order valence-corrected chi connectivity index (χ1v) is 6.33. The predicted molar refractivity (Wildman–Crippen MR) is 68.5 cm³/mol. The fourth-order valence-electron chi connectivity index (χ4n) is 2.56. The molecule has 1 aliphatic heterocycles. The lowest BCUT2D eigenvalue weighted by atomic mass is 9.95. The molecule has 2 atom stereocenters. The van der Waals surface area contributed by atoms with Gasteiger partial charge in [0.1, 0.15) is 5.75 Å². The lowest BCUT2D eigenvalue weighted by Gasteiger charge is -2.35. The molecule has 4 heteroatoms. The third-order valence-corrected chi connectivity index (χ3v) is 3.70. The second-order valence-electron chi connectivity index (χ2n) is 4.94. The van der Waals surface area contributed by atoms with Gasteiger partial charge in [0.15, 0.2) is 0 Å². The van der Waals surface area contributed by atoms with Gasteiger partial charge < -0.3 is 10.2 Å². The topological polar surface area (TPSA) is 60.8 Å². The average Bonchev–Trinajstić information content (AvgIpc) is 2.38. The molecular weight excluding hydrogens is 230 g/mol. The lowest BCUT2D eigenvalue weighted by Crippen LogP contribution is -2.40. The summed E-state index contributed by atoms with van der Waals surface area (Å²) in [6.07, 6.45) is 1.68. The highest BCUT2D eigenvalue weighted by molar-refractivity contribution is 5.70. The predicted octanol–water partition coefficient (Wildman–Crippen LogP) is 2.25. The molecule has 98 valence electrons. The SMILES string of the molecule is CC(c1cccc(O)c1)N1CCCC(C(=O)O)C1. The van der Waals surface area contributed by atoms with E-state index in [-0.39, 0.29) is 17.7 Å². The summed E-state index contributed by atoms with van der Waals surface area (Å²) in [5.74, 6) is -0.715. The van der Waals surface area contributed by atoms with E-state index in [1.54, 1.807) is 12.1 Å². The van der Waals surface area contributed by atoms with Gasteiger partial charge in [-0.25, -0.2) is 0 Å². The molecule has 1 aliphatic rings. The van der Waals surface area contributed by atoms with Crippen LogP contribution < -0.4 is 0 Å². The van der Waals surface area contributed by atoms with Crippen LogP contribution in [0.3, 0.4) is 0 Å². The zero-order valence-electron chi connectivity index (χ0n) is 10.5. The van der Waals surface area contributed by atoms with Crippen molar-refractivity contribution in [3.05, 3.63) is 29.8 Å². The van der Waals surface area contributed by atoms with Crippen molar-refractivity contribution in [1.82, 2.24) is 4.90 Å². The molecule has 2 N–H and O–H groups in total. The van der Waals surface area contributed by atoms with Crippen molar-refractivity contribution in [2.24, 2.45) is 5.92 Å². The van der Waals surface area contributed by atoms with Crippen molar-refractivity contribution in [1.29, 1.82) is 0 Å². The van der Waals surface area contributed by atoms with E-state index in [0.29, 0.717) is 6.54 Å². The van der Waals surface area contributed by atoms with Gasteiger partial charge in [-0.1, -0.05) is 12.1 Å². The molecule has 0 aliphatic carbocycles. The van der Waals surface area contributed by atoms with E-state index in [1.165, 1.54) is 0 Å². The van der Waals surface area contributed by atoms with Crippen LogP contribution in [0.25, 0.3) is 0 Å². The maximum Gasteiger partial charge on any atom is 0.307 e. The Kier molecular flexibility index (Phi) is 3.87. The first kappa shape index (κ1) is 12.9. The molecule has 0 bridgehead atoms. The molecule has 0 spiro atoms. The van der Waals surface area contributed by atoms with Crippen LogP contribution in [0.4, 0.5) is 0 Å². The molecule has 0 aromatic heterocycles. The first-order valence-electron chi connectivity index (χ1n) is 6.33. The number of hydrogen-bond donors (Lipinski definition) is 2. The van der Waals surface area contributed by atoms with Crippen molar-refractivity contribution in [3.8, 4) is 5.75 Å². The molecule has 0 radical (unpaired) electrons. The largest absolute Gasteiger partial charge is 0.508 e. The number of benzene rings is 1. The van der Waals surface area contributed by atoms with Gasteiger partial charge >= 0.3 is 5.97 Å². The van der Waals surface area contributed by atoms with E-state index in [9.17, 15) is 9.90 Å². The standard InChI is InChI=1S/C14H19NO3/c1-10(11-4-2-6-13(16)8-11)15-7-3-5-12(9-15)14(17)18/h2,4,6,8,10,12,16H,3,5,7,9H2,1H3,(H,17,18). The highest BCUT2D eigenvalue weighted by Gasteiger charge is 2.28. The van der Waals surface area contributed by atoms with Crippen LogP contribution in [0.5, 0.6) is 5.75 Å². The number of hydrogen-bond acceptors (Lipinski definition) is 3. The van der Waals surface area contributed by atoms with E-state index in [0.717, 1.165) is 24.9 Å². The number of phenols is 1. The summed E-state index contributed by atoms with van der Waals surface area (Å²) in [6.45, 7) is 3.56. The molecule has 0 amide bonds.